The zero-order valence-corrected chi connectivity index (χ0v) is 8.71. The van der Waals surface area contributed by atoms with Gasteiger partial charge in [-0.3, -0.25) is 14.9 Å². The summed E-state index contributed by atoms with van der Waals surface area (Å²) in [6.07, 6.45) is 0. The molecule has 0 saturated carbocycles. The van der Waals surface area contributed by atoms with E-state index in [4.69, 9.17) is 9.68 Å². The van der Waals surface area contributed by atoms with E-state index in [1.165, 1.54) is 20.0 Å². The molecule has 16 heavy (non-hydrogen) atoms. The fraction of sp³-hybridized carbons (Fsp3) is 0.333. The van der Waals surface area contributed by atoms with E-state index in [1.807, 2.05) is 6.07 Å². The molecule has 1 amide bonds. The highest BCUT2D eigenvalue weighted by Gasteiger charge is 2.22. The summed E-state index contributed by atoms with van der Waals surface area (Å²) in [6, 6.07) is 3.55. The molecule has 0 aliphatic heterocycles. The third-order valence-corrected chi connectivity index (χ3v) is 2.07. The van der Waals surface area contributed by atoms with Gasteiger partial charge in [0.15, 0.2) is 5.76 Å². The highest BCUT2D eigenvalue weighted by atomic mass is 16.6. The van der Waals surface area contributed by atoms with Gasteiger partial charge < -0.3 is 9.32 Å². The number of nitro groups is 1. The Bertz CT molecular complexity index is 460. The minimum Gasteiger partial charge on any atom is -0.395 e. The molecule has 84 valence electrons. The predicted octanol–water partition coefficient (Wildman–Crippen LogP) is 1.17. The fourth-order valence-corrected chi connectivity index (χ4v) is 0.977. The molecule has 1 aromatic rings. The quantitative estimate of drug-likeness (QED) is 0.565. The lowest BCUT2D eigenvalue weighted by molar-refractivity contribution is -0.402. The molecule has 0 N–H and O–H groups in total. The lowest BCUT2D eigenvalue weighted by atomic mass is 10.3. The smallest absolute Gasteiger partial charge is 0.395 e. The Morgan fingerprint density at radius 1 is 1.69 bits per heavy atom. The first-order chi connectivity index (χ1) is 7.47. The van der Waals surface area contributed by atoms with Gasteiger partial charge in [0.05, 0.1) is 12.1 Å². The summed E-state index contributed by atoms with van der Waals surface area (Å²) in [5.74, 6) is -1.22. The molecule has 0 spiro atoms. The van der Waals surface area contributed by atoms with Gasteiger partial charge in [-0.2, -0.15) is 5.26 Å². The van der Waals surface area contributed by atoms with E-state index in [2.05, 4.69) is 0 Å². The standard InChI is InChI=1S/C9H9N3O4/c1-6(5-10)11(2)9(13)7-3-4-8(16-7)12(14)15/h3-4,6H,1-2H3. The number of nitriles is 1. The molecule has 1 unspecified atom stereocenters. The summed E-state index contributed by atoms with van der Waals surface area (Å²) >= 11 is 0. The largest absolute Gasteiger partial charge is 0.433 e. The van der Waals surface area contributed by atoms with Gasteiger partial charge in [-0.1, -0.05) is 0 Å². The molecule has 0 aliphatic rings. The van der Waals surface area contributed by atoms with Crippen LogP contribution in [-0.2, 0) is 0 Å². The molecular formula is C9H9N3O4. The molecule has 7 nitrogen and oxygen atoms in total. The first-order valence-corrected chi connectivity index (χ1v) is 4.38. The van der Waals surface area contributed by atoms with Crippen molar-refractivity contribution < 1.29 is 14.1 Å². The second-order valence-corrected chi connectivity index (χ2v) is 3.12. The molecule has 7 heteroatoms. The first kappa shape index (κ1) is 11.7. The summed E-state index contributed by atoms with van der Waals surface area (Å²) in [5, 5.41) is 18.9. The van der Waals surface area contributed by atoms with Gasteiger partial charge in [0.25, 0.3) is 5.91 Å². The number of amides is 1. The Morgan fingerprint density at radius 2 is 2.31 bits per heavy atom. The van der Waals surface area contributed by atoms with E-state index in [1.54, 1.807) is 0 Å². The van der Waals surface area contributed by atoms with Crippen molar-refractivity contribution >= 4 is 11.8 Å². The van der Waals surface area contributed by atoms with Crippen LogP contribution in [0.3, 0.4) is 0 Å². The third kappa shape index (κ3) is 2.17. The summed E-state index contributed by atoms with van der Waals surface area (Å²) < 4.78 is 4.72. The Hall–Kier alpha value is -2.36. The molecule has 1 aromatic heterocycles. The molecule has 1 atom stereocenters. The monoisotopic (exact) mass is 223 g/mol. The third-order valence-electron chi connectivity index (χ3n) is 2.07. The van der Waals surface area contributed by atoms with E-state index >= 15 is 0 Å². The van der Waals surface area contributed by atoms with Crippen LogP contribution in [0.1, 0.15) is 17.5 Å². The molecule has 0 radical (unpaired) electrons. The Labute approximate surface area is 91.0 Å². The molecule has 0 bridgehead atoms. The molecule has 0 aliphatic carbocycles. The average molecular weight is 223 g/mol. The van der Waals surface area contributed by atoms with E-state index in [9.17, 15) is 14.9 Å². The van der Waals surface area contributed by atoms with Gasteiger partial charge in [-0.05, 0) is 13.0 Å². The number of carbonyl (C=O) groups is 1. The number of furan rings is 1. The van der Waals surface area contributed by atoms with E-state index in [-0.39, 0.29) is 5.76 Å². The highest BCUT2D eigenvalue weighted by molar-refractivity contribution is 5.91. The summed E-state index contributed by atoms with van der Waals surface area (Å²) in [5.41, 5.74) is 0. The van der Waals surface area contributed by atoms with Gasteiger partial charge in [-0.25, -0.2) is 0 Å². The second-order valence-electron chi connectivity index (χ2n) is 3.12. The van der Waals surface area contributed by atoms with Crippen LogP contribution in [0.5, 0.6) is 0 Å². The summed E-state index contributed by atoms with van der Waals surface area (Å²) in [6.45, 7) is 1.54. The second kappa shape index (κ2) is 4.44. The van der Waals surface area contributed by atoms with Crippen molar-refractivity contribution in [3.8, 4) is 6.07 Å². The maximum absolute atomic E-state index is 11.6. The van der Waals surface area contributed by atoms with Crippen molar-refractivity contribution in [2.75, 3.05) is 7.05 Å². The van der Waals surface area contributed by atoms with Gasteiger partial charge in [0, 0.05) is 7.05 Å². The number of hydrogen-bond donors (Lipinski definition) is 0. The molecule has 0 aromatic carbocycles. The summed E-state index contributed by atoms with van der Waals surface area (Å²) in [7, 11) is 1.42. The van der Waals surface area contributed by atoms with Crippen LogP contribution in [0.25, 0.3) is 0 Å². The summed E-state index contributed by atoms with van der Waals surface area (Å²) in [4.78, 5) is 22.4. The van der Waals surface area contributed by atoms with Crippen molar-refractivity contribution in [1.29, 1.82) is 5.26 Å². The van der Waals surface area contributed by atoms with Crippen molar-refractivity contribution in [1.82, 2.24) is 4.90 Å². The van der Waals surface area contributed by atoms with Crippen LogP contribution in [0, 0.1) is 21.4 Å². The van der Waals surface area contributed by atoms with Crippen molar-refractivity contribution in [2.24, 2.45) is 0 Å². The zero-order chi connectivity index (χ0) is 12.3. The van der Waals surface area contributed by atoms with Crippen LogP contribution in [0.4, 0.5) is 5.88 Å². The number of carbonyl (C=O) groups excluding carboxylic acids is 1. The Kier molecular flexibility index (Phi) is 3.25. The van der Waals surface area contributed by atoms with Gasteiger partial charge >= 0.3 is 5.88 Å². The van der Waals surface area contributed by atoms with Crippen LogP contribution in [-0.4, -0.2) is 28.8 Å². The van der Waals surface area contributed by atoms with Crippen LogP contribution < -0.4 is 0 Å². The van der Waals surface area contributed by atoms with Crippen molar-refractivity contribution in [3.05, 3.63) is 28.0 Å². The van der Waals surface area contributed by atoms with E-state index in [0.29, 0.717) is 0 Å². The van der Waals surface area contributed by atoms with Gasteiger partial charge in [0.2, 0.25) is 0 Å². The fourth-order valence-electron chi connectivity index (χ4n) is 0.977. The molecule has 0 saturated heterocycles. The molecule has 0 fully saturated rings. The maximum atomic E-state index is 11.6. The highest BCUT2D eigenvalue weighted by Crippen LogP contribution is 2.17. The maximum Gasteiger partial charge on any atom is 0.433 e. The first-order valence-electron chi connectivity index (χ1n) is 4.38. The Balaban J connectivity index is 2.89. The van der Waals surface area contributed by atoms with Gasteiger partial charge in [-0.15, -0.1) is 0 Å². The Morgan fingerprint density at radius 3 is 2.75 bits per heavy atom. The lowest BCUT2D eigenvalue weighted by Gasteiger charge is -2.17. The van der Waals surface area contributed by atoms with E-state index < -0.39 is 22.8 Å². The normalized spacial score (nSPS) is 11.6. The average Bonchev–Trinajstić information content (AvgIpc) is 2.75. The minimum atomic E-state index is -0.732. The van der Waals surface area contributed by atoms with Crippen LogP contribution in [0.2, 0.25) is 0 Å². The van der Waals surface area contributed by atoms with E-state index in [0.717, 1.165) is 11.0 Å². The number of rotatable bonds is 3. The molecule has 1 heterocycles. The number of hydrogen-bond acceptors (Lipinski definition) is 5. The van der Waals surface area contributed by atoms with Crippen LogP contribution in [0.15, 0.2) is 16.5 Å². The number of nitrogens with zero attached hydrogens (tertiary/aromatic N) is 3. The van der Waals surface area contributed by atoms with Crippen molar-refractivity contribution in [2.45, 2.75) is 13.0 Å². The SMILES string of the molecule is CC(C#N)N(C)C(=O)c1ccc([N+](=O)[O-])o1. The topological polar surface area (TPSA) is 100 Å². The molecule has 1 rings (SSSR count). The lowest BCUT2D eigenvalue weighted by Crippen LogP contribution is -2.33. The van der Waals surface area contributed by atoms with Crippen LogP contribution >= 0.6 is 0 Å². The minimum absolute atomic E-state index is 0.156. The van der Waals surface area contributed by atoms with Crippen molar-refractivity contribution in [3.63, 3.8) is 0 Å². The zero-order valence-electron chi connectivity index (χ0n) is 8.71. The molecular weight excluding hydrogens is 214 g/mol. The predicted molar refractivity (Wildman–Crippen MR) is 52.5 cm³/mol. The van der Waals surface area contributed by atoms with Gasteiger partial charge in [0.1, 0.15) is 11.0 Å².